The van der Waals surface area contributed by atoms with Crippen LogP contribution in [0.1, 0.15) is 27.2 Å². The number of rotatable bonds is 1. The number of hydrogen-bond acceptors (Lipinski definition) is 2. The molecular weight excluding hydrogens is 152 g/mol. The molecule has 0 spiro atoms. The molecule has 1 amide bonds. The second-order valence-corrected chi connectivity index (χ2v) is 4.00. The molecule has 3 N–H and O–H groups in total. The van der Waals surface area contributed by atoms with Gasteiger partial charge in [0.2, 0.25) is 5.91 Å². The van der Waals surface area contributed by atoms with Crippen LogP contribution in [0.25, 0.3) is 0 Å². The van der Waals surface area contributed by atoms with Crippen LogP contribution < -0.4 is 11.1 Å². The molecule has 0 aromatic heterocycles. The fraction of sp³-hybridized carbons (Fsp3) is 0.889. The fourth-order valence-electron chi connectivity index (χ4n) is 2.34. The van der Waals surface area contributed by atoms with E-state index in [2.05, 4.69) is 19.2 Å². The number of nitrogens with one attached hydrogen (secondary N) is 1. The van der Waals surface area contributed by atoms with Crippen LogP contribution in [0.15, 0.2) is 0 Å². The van der Waals surface area contributed by atoms with Crippen LogP contribution in [0.2, 0.25) is 0 Å². The number of piperidine rings is 1. The molecule has 0 aromatic rings. The van der Waals surface area contributed by atoms with Crippen molar-refractivity contribution in [1.29, 1.82) is 0 Å². The van der Waals surface area contributed by atoms with Crippen molar-refractivity contribution < 1.29 is 4.79 Å². The van der Waals surface area contributed by atoms with Crippen molar-refractivity contribution in [3.8, 4) is 0 Å². The van der Waals surface area contributed by atoms with Gasteiger partial charge in [0.1, 0.15) is 0 Å². The van der Waals surface area contributed by atoms with Gasteiger partial charge in [-0.2, -0.15) is 0 Å². The number of carbonyl (C=O) groups is 1. The lowest BCUT2D eigenvalue weighted by molar-refractivity contribution is -0.125. The van der Waals surface area contributed by atoms with E-state index in [1.54, 1.807) is 0 Å². The van der Waals surface area contributed by atoms with E-state index in [4.69, 9.17) is 5.73 Å². The minimum atomic E-state index is -0.172. The van der Waals surface area contributed by atoms with E-state index < -0.39 is 0 Å². The quantitative estimate of drug-likeness (QED) is 0.602. The lowest BCUT2D eigenvalue weighted by Gasteiger charge is -2.37. The topological polar surface area (TPSA) is 55.1 Å². The molecule has 1 aliphatic heterocycles. The van der Waals surface area contributed by atoms with Crippen LogP contribution in [-0.4, -0.2) is 18.0 Å². The number of carbonyl (C=O) groups excluding carboxylic acids is 1. The molecule has 3 heteroatoms. The molecule has 0 bridgehead atoms. The summed E-state index contributed by atoms with van der Waals surface area (Å²) in [6.07, 6.45) is 1.04. The highest BCUT2D eigenvalue weighted by atomic mass is 16.1. The molecule has 1 saturated heterocycles. The van der Waals surface area contributed by atoms with E-state index in [1.807, 2.05) is 6.92 Å². The van der Waals surface area contributed by atoms with Gasteiger partial charge in [0, 0.05) is 12.1 Å². The summed E-state index contributed by atoms with van der Waals surface area (Å²) in [6.45, 7) is 6.27. The second kappa shape index (κ2) is 3.44. The van der Waals surface area contributed by atoms with E-state index in [0.717, 1.165) is 6.42 Å². The van der Waals surface area contributed by atoms with Crippen LogP contribution in [0.5, 0.6) is 0 Å². The zero-order chi connectivity index (χ0) is 9.30. The van der Waals surface area contributed by atoms with Crippen LogP contribution in [0.3, 0.4) is 0 Å². The van der Waals surface area contributed by atoms with Gasteiger partial charge in [0.15, 0.2) is 0 Å². The highest BCUT2D eigenvalue weighted by Crippen LogP contribution is 2.25. The van der Waals surface area contributed by atoms with Gasteiger partial charge >= 0.3 is 0 Å². The maximum Gasteiger partial charge on any atom is 0.222 e. The fourth-order valence-corrected chi connectivity index (χ4v) is 2.34. The van der Waals surface area contributed by atoms with E-state index in [1.165, 1.54) is 0 Å². The van der Waals surface area contributed by atoms with Crippen molar-refractivity contribution in [3.63, 3.8) is 0 Å². The number of hydrogen-bond donors (Lipinski definition) is 2. The van der Waals surface area contributed by atoms with E-state index in [9.17, 15) is 4.79 Å². The van der Waals surface area contributed by atoms with Gasteiger partial charge in [-0.25, -0.2) is 0 Å². The molecule has 1 aliphatic rings. The first-order valence-electron chi connectivity index (χ1n) is 4.57. The second-order valence-electron chi connectivity index (χ2n) is 4.00. The predicted molar refractivity (Wildman–Crippen MR) is 48.5 cm³/mol. The van der Waals surface area contributed by atoms with Crippen LogP contribution in [-0.2, 0) is 4.79 Å². The summed E-state index contributed by atoms with van der Waals surface area (Å²) < 4.78 is 0. The maximum absolute atomic E-state index is 11.1. The van der Waals surface area contributed by atoms with Crippen LogP contribution in [0.4, 0.5) is 0 Å². The Labute approximate surface area is 73.7 Å². The SMILES string of the molecule is CC1CC(C)C(C(N)=O)C(C)N1. The Bertz CT molecular complexity index is 169. The summed E-state index contributed by atoms with van der Waals surface area (Å²) in [5.74, 6) is 0.240. The Morgan fingerprint density at radius 3 is 2.42 bits per heavy atom. The molecular formula is C9H18N2O. The molecule has 1 fully saturated rings. The lowest BCUT2D eigenvalue weighted by Crippen LogP contribution is -2.52. The molecule has 0 saturated carbocycles. The Morgan fingerprint density at radius 1 is 1.42 bits per heavy atom. The van der Waals surface area contributed by atoms with Gasteiger partial charge in [-0.3, -0.25) is 4.79 Å². The Morgan fingerprint density at radius 2 is 2.00 bits per heavy atom. The predicted octanol–water partition coefficient (Wildman–Crippen LogP) is 0.494. The monoisotopic (exact) mass is 170 g/mol. The van der Waals surface area contributed by atoms with E-state index >= 15 is 0 Å². The molecule has 0 aromatic carbocycles. The zero-order valence-corrected chi connectivity index (χ0v) is 8.00. The highest BCUT2D eigenvalue weighted by molar-refractivity contribution is 5.77. The Balaban J connectivity index is 2.66. The van der Waals surface area contributed by atoms with Gasteiger partial charge in [-0.1, -0.05) is 6.92 Å². The first-order valence-corrected chi connectivity index (χ1v) is 4.57. The third-order valence-corrected chi connectivity index (χ3v) is 2.75. The van der Waals surface area contributed by atoms with Gasteiger partial charge in [0.05, 0.1) is 5.92 Å². The number of amides is 1. The first-order chi connectivity index (χ1) is 5.52. The average molecular weight is 170 g/mol. The molecule has 1 heterocycles. The third-order valence-electron chi connectivity index (χ3n) is 2.75. The van der Waals surface area contributed by atoms with E-state index in [-0.39, 0.29) is 17.9 Å². The summed E-state index contributed by atoms with van der Waals surface area (Å²) in [5, 5.41) is 3.34. The smallest absolute Gasteiger partial charge is 0.222 e. The Hall–Kier alpha value is -0.570. The normalized spacial score (nSPS) is 42.6. The number of primary amides is 1. The molecule has 1 rings (SSSR count). The summed E-state index contributed by atoms with van der Waals surface area (Å²) in [7, 11) is 0. The average Bonchev–Trinajstić information content (AvgIpc) is 1.82. The molecule has 0 radical (unpaired) electrons. The summed E-state index contributed by atoms with van der Waals surface area (Å²) in [4.78, 5) is 11.1. The molecule has 0 aliphatic carbocycles. The third kappa shape index (κ3) is 1.78. The minimum absolute atomic E-state index is 0.00111. The Kier molecular flexibility index (Phi) is 2.73. The molecule has 70 valence electrons. The summed E-state index contributed by atoms with van der Waals surface area (Å²) in [5.41, 5.74) is 5.31. The van der Waals surface area contributed by atoms with Gasteiger partial charge < -0.3 is 11.1 Å². The molecule has 4 atom stereocenters. The van der Waals surface area contributed by atoms with Crippen LogP contribution >= 0.6 is 0 Å². The molecule has 3 nitrogen and oxygen atoms in total. The van der Waals surface area contributed by atoms with Crippen molar-refractivity contribution in [1.82, 2.24) is 5.32 Å². The highest BCUT2D eigenvalue weighted by Gasteiger charge is 2.34. The largest absolute Gasteiger partial charge is 0.369 e. The minimum Gasteiger partial charge on any atom is -0.369 e. The lowest BCUT2D eigenvalue weighted by atomic mass is 9.79. The van der Waals surface area contributed by atoms with E-state index in [0.29, 0.717) is 12.0 Å². The van der Waals surface area contributed by atoms with Crippen molar-refractivity contribution in [2.45, 2.75) is 39.3 Å². The van der Waals surface area contributed by atoms with Gasteiger partial charge in [-0.15, -0.1) is 0 Å². The maximum atomic E-state index is 11.1. The van der Waals surface area contributed by atoms with Crippen molar-refractivity contribution in [2.24, 2.45) is 17.6 Å². The van der Waals surface area contributed by atoms with Gasteiger partial charge in [-0.05, 0) is 26.2 Å². The standard InChI is InChI=1S/C9H18N2O/c1-5-4-6(2)11-7(3)8(5)9(10)12/h5-8,11H,4H2,1-3H3,(H2,10,12). The molecule has 4 unspecified atom stereocenters. The van der Waals surface area contributed by atoms with Gasteiger partial charge in [0.25, 0.3) is 0 Å². The summed E-state index contributed by atoms with van der Waals surface area (Å²) >= 11 is 0. The van der Waals surface area contributed by atoms with Crippen molar-refractivity contribution in [2.75, 3.05) is 0 Å². The summed E-state index contributed by atoms with van der Waals surface area (Å²) in [6, 6.07) is 0.729. The van der Waals surface area contributed by atoms with Crippen LogP contribution in [0, 0.1) is 11.8 Å². The van der Waals surface area contributed by atoms with Crippen molar-refractivity contribution >= 4 is 5.91 Å². The zero-order valence-electron chi connectivity index (χ0n) is 8.00. The van der Waals surface area contributed by atoms with Crippen molar-refractivity contribution in [3.05, 3.63) is 0 Å². The first kappa shape index (κ1) is 9.52. The number of nitrogens with two attached hydrogens (primary N) is 1. The molecule has 12 heavy (non-hydrogen) atoms.